The van der Waals surface area contributed by atoms with Gasteiger partial charge in [-0.1, -0.05) is 13.8 Å². The minimum absolute atomic E-state index is 0.0170. The van der Waals surface area contributed by atoms with Crippen LogP contribution in [0.3, 0.4) is 0 Å². The zero-order valence-electron chi connectivity index (χ0n) is 13.2. The number of nitrogens with zero attached hydrogens (tertiary/aromatic N) is 1. The maximum absolute atomic E-state index is 11.7. The largest absolute Gasteiger partial charge is 0.466 e. The van der Waals surface area contributed by atoms with Crippen LogP contribution in [0.25, 0.3) is 0 Å². The van der Waals surface area contributed by atoms with Gasteiger partial charge >= 0.3 is 5.97 Å². The van der Waals surface area contributed by atoms with Crippen LogP contribution >= 0.6 is 0 Å². The summed E-state index contributed by atoms with van der Waals surface area (Å²) in [6.45, 7) is 8.14. The average molecular weight is 269 g/mol. The molecule has 0 aromatic carbocycles. The number of rotatable bonds is 7. The van der Waals surface area contributed by atoms with Crippen molar-refractivity contribution < 1.29 is 9.53 Å². The molecule has 0 aromatic heterocycles. The van der Waals surface area contributed by atoms with Crippen molar-refractivity contribution in [2.45, 2.75) is 65.3 Å². The average Bonchev–Trinajstić information content (AvgIpc) is 2.38. The summed E-state index contributed by atoms with van der Waals surface area (Å²) in [5.74, 6) is 0.969. The van der Waals surface area contributed by atoms with Crippen LogP contribution in [-0.4, -0.2) is 37.1 Å². The molecule has 0 aliphatic heterocycles. The van der Waals surface area contributed by atoms with Gasteiger partial charge in [0.05, 0.1) is 12.5 Å². The molecule has 1 aliphatic carbocycles. The van der Waals surface area contributed by atoms with E-state index in [1.165, 1.54) is 19.4 Å². The molecule has 0 radical (unpaired) electrons. The van der Waals surface area contributed by atoms with E-state index >= 15 is 0 Å². The predicted octanol–water partition coefficient (Wildman–Crippen LogP) is 3.48. The summed E-state index contributed by atoms with van der Waals surface area (Å²) in [5.41, 5.74) is 0. The summed E-state index contributed by atoms with van der Waals surface area (Å²) < 4.78 is 5.12. The Kier molecular flexibility index (Phi) is 7.44. The van der Waals surface area contributed by atoms with E-state index < -0.39 is 0 Å². The summed E-state index contributed by atoms with van der Waals surface area (Å²) in [6.07, 6.45) is 6.87. The highest BCUT2D eigenvalue weighted by molar-refractivity contribution is 5.72. The quantitative estimate of drug-likeness (QED) is 0.663. The molecule has 0 heterocycles. The van der Waals surface area contributed by atoms with Crippen molar-refractivity contribution in [3.05, 3.63) is 0 Å². The van der Waals surface area contributed by atoms with Crippen LogP contribution in [0.2, 0.25) is 0 Å². The number of hydrogen-bond donors (Lipinski definition) is 0. The Bertz CT molecular complexity index is 257. The Morgan fingerprint density at radius 2 is 1.89 bits per heavy atom. The molecular formula is C16H31NO2. The Balaban J connectivity index is 2.23. The van der Waals surface area contributed by atoms with E-state index in [9.17, 15) is 4.79 Å². The topological polar surface area (TPSA) is 29.5 Å². The van der Waals surface area contributed by atoms with Crippen LogP contribution in [0.15, 0.2) is 0 Å². The molecule has 1 fully saturated rings. The molecule has 1 rings (SSSR count). The number of carbonyl (C=O) groups is 1. The van der Waals surface area contributed by atoms with E-state index in [2.05, 4.69) is 25.8 Å². The van der Waals surface area contributed by atoms with Gasteiger partial charge in [-0.3, -0.25) is 4.79 Å². The fraction of sp³-hybridized carbons (Fsp3) is 0.938. The summed E-state index contributed by atoms with van der Waals surface area (Å²) in [5, 5.41) is 0. The molecular weight excluding hydrogens is 238 g/mol. The second-order valence-corrected chi connectivity index (χ2v) is 6.27. The van der Waals surface area contributed by atoms with Crippen molar-refractivity contribution in [2.24, 2.45) is 11.8 Å². The van der Waals surface area contributed by atoms with Crippen LogP contribution in [0.4, 0.5) is 0 Å². The monoisotopic (exact) mass is 269 g/mol. The molecule has 0 bridgehead atoms. The van der Waals surface area contributed by atoms with Gasteiger partial charge in [-0.05, 0) is 65.0 Å². The first-order valence-corrected chi connectivity index (χ1v) is 7.91. The summed E-state index contributed by atoms with van der Waals surface area (Å²) in [4.78, 5) is 14.2. The molecule has 3 heteroatoms. The Hall–Kier alpha value is -0.570. The molecule has 3 nitrogen and oxygen atoms in total. The first kappa shape index (κ1) is 16.5. The predicted molar refractivity (Wildman–Crippen MR) is 79.1 cm³/mol. The second kappa shape index (κ2) is 8.57. The highest BCUT2D eigenvalue weighted by Crippen LogP contribution is 2.28. The normalized spacial score (nSPS) is 23.9. The molecule has 1 aliphatic rings. The van der Waals surface area contributed by atoms with Crippen molar-refractivity contribution in [2.75, 3.05) is 20.2 Å². The van der Waals surface area contributed by atoms with Gasteiger partial charge in [0.2, 0.25) is 0 Å². The van der Waals surface area contributed by atoms with Crippen LogP contribution < -0.4 is 0 Å². The Morgan fingerprint density at radius 3 is 2.42 bits per heavy atom. The van der Waals surface area contributed by atoms with E-state index in [0.29, 0.717) is 12.6 Å². The fourth-order valence-electron chi connectivity index (χ4n) is 2.94. The van der Waals surface area contributed by atoms with Crippen molar-refractivity contribution >= 4 is 5.97 Å². The first-order chi connectivity index (χ1) is 9.04. The van der Waals surface area contributed by atoms with Crippen LogP contribution in [0, 0.1) is 11.8 Å². The van der Waals surface area contributed by atoms with Gasteiger partial charge < -0.3 is 9.64 Å². The highest BCUT2D eigenvalue weighted by Gasteiger charge is 2.28. The second-order valence-electron chi connectivity index (χ2n) is 6.27. The Labute approximate surface area is 118 Å². The maximum Gasteiger partial charge on any atom is 0.308 e. The van der Waals surface area contributed by atoms with E-state index in [1.54, 1.807) is 0 Å². The highest BCUT2D eigenvalue weighted by atomic mass is 16.5. The molecule has 0 spiro atoms. The molecule has 19 heavy (non-hydrogen) atoms. The molecule has 1 saturated carbocycles. The summed E-state index contributed by atoms with van der Waals surface area (Å²) in [6, 6.07) is 0.665. The SMILES string of the molecule is CCOC(=O)C1CCC(N(C)CCCC(C)C)CC1. The zero-order chi connectivity index (χ0) is 14.3. The molecule has 0 atom stereocenters. The van der Waals surface area contributed by atoms with Crippen molar-refractivity contribution in [3.8, 4) is 0 Å². The molecule has 0 unspecified atom stereocenters. The van der Waals surface area contributed by atoms with Crippen LogP contribution in [0.5, 0.6) is 0 Å². The lowest BCUT2D eigenvalue weighted by Crippen LogP contribution is -2.37. The van der Waals surface area contributed by atoms with Gasteiger partial charge in [0, 0.05) is 6.04 Å². The first-order valence-electron chi connectivity index (χ1n) is 7.91. The number of carbonyl (C=O) groups excluding carboxylic acids is 1. The minimum atomic E-state index is 0.0170. The van der Waals surface area contributed by atoms with E-state index in [1.807, 2.05) is 6.92 Å². The molecule has 0 amide bonds. The van der Waals surface area contributed by atoms with Crippen molar-refractivity contribution in [3.63, 3.8) is 0 Å². The fourth-order valence-corrected chi connectivity index (χ4v) is 2.94. The van der Waals surface area contributed by atoms with Gasteiger partial charge in [0.15, 0.2) is 0 Å². The van der Waals surface area contributed by atoms with Crippen molar-refractivity contribution in [1.82, 2.24) is 4.90 Å². The third-order valence-corrected chi connectivity index (χ3v) is 4.23. The minimum Gasteiger partial charge on any atom is -0.466 e. The lowest BCUT2D eigenvalue weighted by atomic mass is 9.85. The standard InChI is InChI=1S/C16H31NO2/c1-5-19-16(18)14-8-10-15(11-9-14)17(4)12-6-7-13(2)3/h13-15H,5-12H2,1-4H3. The van der Waals surface area contributed by atoms with Crippen LogP contribution in [0.1, 0.15) is 59.3 Å². The van der Waals surface area contributed by atoms with Gasteiger partial charge in [0.25, 0.3) is 0 Å². The molecule has 0 saturated heterocycles. The van der Waals surface area contributed by atoms with Gasteiger partial charge in [0.1, 0.15) is 0 Å². The van der Waals surface area contributed by atoms with Crippen molar-refractivity contribution in [1.29, 1.82) is 0 Å². The molecule has 112 valence electrons. The van der Waals surface area contributed by atoms with Gasteiger partial charge in [-0.2, -0.15) is 0 Å². The maximum atomic E-state index is 11.7. The Morgan fingerprint density at radius 1 is 1.26 bits per heavy atom. The number of ether oxygens (including phenoxy) is 1. The summed E-state index contributed by atoms with van der Waals surface area (Å²) in [7, 11) is 2.23. The van der Waals surface area contributed by atoms with Crippen LogP contribution in [-0.2, 0) is 9.53 Å². The molecule has 0 aromatic rings. The zero-order valence-corrected chi connectivity index (χ0v) is 13.2. The van der Waals surface area contributed by atoms with Gasteiger partial charge in [-0.15, -0.1) is 0 Å². The summed E-state index contributed by atoms with van der Waals surface area (Å²) >= 11 is 0. The number of esters is 1. The van der Waals surface area contributed by atoms with E-state index in [4.69, 9.17) is 4.74 Å². The third kappa shape index (κ3) is 5.94. The molecule has 0 N–H and O–H groups in total. The lowest BCUT2D eigenvalue weighted by molar-refractivity contribution is -0.149. The lowest BCUT2D eigenvalue weighted by Gasteiger charge is -2.34. The van der Waals surface area contributed by atoms with E-state index in [0.717, 1.165) is 31.6 Å². The van der Waals surface area contributed by atoms with E-state index in [-0.39, 0.29) is 11.9 Å². The van der Waals surface area contributed by atoms with Gasteiger partial charge in [-0.25, -0.2) is 0 Å². The smallest absolute Gasteiger partial charge is 0.308 e. The number of hydrogen-bond acceptors (Lipinski definition) is 3. The third-order valence-electron chi connectivity index (χ3n) is 4.23.